The first-order chi connectivity index (χ1) is 13.2. The molecular formula is C21H23ClN4O2. The maximum Gasteiger partial charge on any atom is 0.229 e. The molecule has 1 amide bonds. The molecule has 0 saturated heterocycles. The van der Waals surface area contributed by atoms with E-state index in [1.807, 2.05) is 58.3 Å². The fourth-order valence-electron chi connectivity index (χ4n) is 2.73. The number of rotatable bonds is 4. The van der Waals surface area contributed by atoms with Gasteiger partial charge in [0.1, 0.15) is 5.75 Å². The molecule has 0 radical (unpaired) electrons. The van der Waals surface area contributed by atoms with E-state index in [2.05, 4.69) is 15.4 Å². The van der Waals surface area contributed by atoms with E-state index in [0.29, 0.717) is 22.0 Å². The first kappa shape index (κ1) is 19.9. The number of aromatic nitrogens is 3. The molecule has 3 rings (SSSR count). The second kappa shape index (κ2) is 7.64. The van der Waals surface area contributed by atoms with Crippen molar-refractivity contribution in [2.45, 2.75) is 20.8 Å². The summed E-state index contributed by atoms with van der Waals surface area (Å²) in [5.74, 6) is 0.511. The van der Waals surface area contributed by atoms with Gasteiger partial charge in [0.15, 0.2) is 0 Å². The second-order valence-corrected chi connectivity index (χ2v) is 7.95. The van der Waals surface area contributed by atoms with E-state index in [0.717, 1.165) is 16.8 Å². The lowest BCUT2D eigenvalue weighted by Gasteiger charge is -2.21. The Balaban J connectivity index is 2.16. The van der Waals surface area contributed by atoms with Gasteiger partial charge in [-0.2, -0.15) is 5.10 Å². The van der Waals surface area contributed by atoms with Crippen LogP contribution in [-0.4, -0.2) is 27.8 Å². The van der Waals surface area contributed by atoms with Crippen molar-refractivity contribution in [3.63, 3.8) is 0 Å². The predicted octanol–water partition coefficient (Wildman–Crippen LogP) is 4.80. The molecule has 1 aromatic carbocycles. The Bertz CT molecular complexity index is 1020. The summed E-state index contributed by atoms with van der Waals surface area (Å²) < 4.78 is 7.28. The van der Waals surface area contributed by atoms with E-state index in [4.69, 9.17) is 16.3 Å². The molecule has 146 valence electrons. The number of carbonyl (C=O) groups excluding carboxylic acids is 1. The van der Waals surface area contributed by atoms with Crippen LogP contribution in [0.5, 0.6) is 5.75 Å². The third-order valence-electron chi connectivity index (χ3n) is 4.30. The molecule has 0 unspecified atom stereocenters. The average Bonchev–Trinajstić information content (AvgIpc) is 3.07. The Morgan fingerprint density at radius 1 is 1.25 bits per heavy atom. The van der Waals surface area contributed by atoms with Crippen molar-refractivity contribution in [3.05, 3.63) is 47.9 Å². The van der Waals surface area contributed by atoms with Gasteiger partial charge >= 0.3 is 0 Å². The van der Waals surface area contributed by atoms with E-state index in [1.165, 1.54) is 0 Å². The molecule has 6 nitrogen and oxygen atoms in total. The van der Waals surface area contributed by atoms with Crippen molar-refractivity contribution < 1.29 is 9.53 Å². The summed E-state index contributed by atoms with van der Waals surface area (Å²) in [7, 11) is 3.44. The molecule has 2 aromatic heterocycles. The Morgan fingerprint density at radius 2 is 2.00 bits per heavy atom. The van der Waals surface area contributed by atoms with Gasteiger partial charge in [0.25, 0.3) is 0 Å². The molecule has 0 aliphatic rings. The maximum absolute atomic E-state index is 12.6. The van der Waals surface area contributed by atoms with Crippen LogP contribution in [0.3, 0.4) is 0 Å². The van der Waals surface area contributed by atoms with Gasteiger partial charge in [0.05, 0.1) is 29.7 Å². The van der Waals surface area contributed by atoms with Crippen LogP contribution in [0.15, 0.2) is 42.9 Å². The van der Waals surface area contributed by atoms with Crippen molar-refractivity contribution in [2.75, 3.05) is 12.4 Å². The van der Waals surface area contributed by atoms with Gasteiger partial charge in [-0.1, -0.05) is 38.4 Å². The quantitative estimate of drug-likeness (QED) is 0.685. The molecule has 0 spiro atoms. The number of hydrogen-bond acceptors (Lipinski definition) is 4. The van der Waals surface area contributed by atoms with Crippen LogP contribution < -0.4 is 10.1 Å². The number of amides is 1. The normalized spacial score (nSPS) is 11.4. The third-order valence-corrected chi connectivity index (χ3v) is 4.60. The topological polar surface area (TPSA) is 69.0 Å². The molecule has 0 bridgehead atoms. The lowest BCUT2D eigenvalue weighted by atomic mass is 9.94. The molecule has 0 atom stereocenters. The molecule has 0 fully saturated rings. The minimum Gasteiger partial charge on any atom is -0.496 e. The Morgan fingerprint density at radius 3 is 2.61 bits per heavy atom. The standard InChI is InChI=1S/C21H23ClN4O2/c1-21(2,3)20(27)25-16-7-6-8-18(28-5)19(16)14-9-17(23-11-15(14)22)13-10-24-26(4)12-13/h6-12H,1-5H3,(H,25,27). The van der Waals surface area contributed by atoms with Crippen LogP contribution in [0.2, 0.25) is 5.02 Å². The number of aryl methyl sites for hydroxylation is 1. The van der Waals surface area contributed by atoms with Crippen LogP contribution in [-0.2, 0) is 11.8 Å². The van der Waals surface area contributed by atoms with Crippen molar-refractivity contribution in [1.29, 1.82) is 0 Å². The minimum absolute atomic E-state index is 0.0975. The van der Waals surface area contributed by atoms with E-state index in [9.17, 15) is 4.79 Å². The lowest BCUT2D eigenvalue weighted by molar-refractivity contribution is -0.123. The summed E-state index contributed by atoms with van der Waals surface area (Å²) in [4.78, 5) is 17.0. The van der Waals surface area contributed by atoms with Crippen molar-refractivity contribution in [3.8, 4) is 28.1 Å². The molecule has 3 aromatic rings. The van der Waals surface area contributed by atoms with Crippen LogP contribution >= 0.6 is 11.6 Å². The molecule has 0 saturated carbocycles. The van der Waals surface area contributed by atoms with Crippen LogP contribution in [0, 0.1) is 5.41 Å². The second-order valence-electron chi connectivity index (χ2n) is 7.54. The number of methoxy groups -OCH3 is 1. The van der Waals surface area contributed by atoms with Crippen molar-refractivity contribution >= 4 is 23.2 Å². The predicted molar refractivity (Wildman–Crippen MR) is 112 cm³/mol. The van der Waals surface area contributed by atoms with Crippen LogP contribution in [0.25, 0.3) is 22.4 Å². The van der Waals surface area contributed by atoms with Gasteiger partial charge in [-0.15, -0.1) is 0 Å². The number of carbonyl (C=O) groups is 1. The summed E-state index contributed by atoms with van der Waals surface area (Å²) >= 11 is 6.50. The van der Waals surface area contributed by atoms with E-state index >= 15 is 0 Å². The van der Waals surface area contributed by atoms with Gasteiger partial charge in [-0.05, 0) is 18.2 Å². The smallest absolute Gasteiger partial charge is 0.229 e. The third kappa shape index (κ3) is 4.02. The fourth-order valence-corrected chi connectivity index (χ4v) is 2.93. The Labute approximate surface area is 169 Å². The summed E-state index contributed by atoms with van der Waals surface area (Å²) in [5, 5.41) is 7.66. The molecule has 2 heterocycles. The fraction of sp³-hybridized carbons (Fsp3) is 0.286. The van der Waals surface area contributed by atoms with Gasteiger partial charge in [-0.3, -0.25) is 14.5 Å². The number of halogens is 1. The van der Waals surface area contributed by atoms with Crippen LogP contribution in [0.1, 0.15) is 20.8 Å². The molecule has 7 heteroatoms. The average molecular weight is 399 g/mol. The van der Waals surface area contributed by atoms with E-state index in [-0.39, 0.29) is 5.91 Å². The van der Waals surface area contributed by atoms with E-state index < -0.39 is 5.41 Å². The molecule has 0 aliphatic heterocycles. The Hall–Kier alpha value is -2.86. The highest BCUT2D eigenvalue weighted by molar-refractivity contribution is 6.33. The summed E-state index contributed by atoms with van der Waals surface area (Å²) in [6.45, 7) is 5.59. The first-order valence-electron chi connectivity index (χ1n) is 8.84. The number of pyridine rings is 1. The van der Waals surface area contributed by atoms with Gasteiger partial charge in [0, 0.05) is 41.5 Å². The summed E-state index contributed by atoms with van der Waals surface area (Å²) in [6, 6.07) is 7.38. The zero-order valence-corrected chi connectivity index (χ0v) is 17.3. The highest BCUT2D eigenvalue weighted by Gasteiger charge is 2.24. The van der Waals surface area contributed by atoms with Crippen molar-refractivity contribution in [2.24, 2.45) is 12.5 Å². The zero-order chi connectivity index (χ0) is 20.5. The lowest BCUT2D eigenvalue weighted by Crippen LogP contribution is -2.27. The van der Waals surface area contributed by atoms with E-state index in [1.54, 1.807) is 24.2 Å². The van der Waals surface area contributed by atoms with Crippen LogP contribution in [0.4, 0.5) is 5.69 Å². The number of nitrogens with one attached hydrogen (secondary N) is 1. The largest absolute Gasteiger partial charge is 0.496 e. The number of hydrogen-bond donors (Lipinski definition) is 1. The summed E-state index contributed by atoms with van der Waals surface area (Å²) in [6.07, 6.45) is 5.22. The monoisotopic (exact) mass is 398 g/mol. The highest BCUT2D eigenvalue weighted by Crippen LogP contribution is 2.41. The minimum atomic E-state index is -0.538. The number of nitrogens with zero attached hydrogens (tertiary/aromatic N) is 3. The SMILES string of the molecule is COc1cccc(NC(=O)C(C)(C)C)c1-c1cc(-c2cnn(C)c2)ncc1Cl. The molecule has 1 N–H and O–H groups in total. The molecular weight excluding hydrogens is 376 g/mol. The maximum atomic E-state index is 12.6. The van der Waals surface area contributed by atoms with Gasteiger partial charge in [0.2, 0.25) is 5.91 Å². The molecule has 28 heavy (non-hydrogen) atoms. The number of benzene rings is 1. The number of ether oxygens (including phenoxy) is 1. The first-order valence-corrected chi connectivity index (χ1v) is 9.22. The van der Waals surface area contributed by atoms with Gasteiger partial charge < -0.3 is 10.1 Å². The zero-order valence-electron chi connectivity index (χ0n) is 16.6. The highest BCUT2D eigenvalue weighted by atomic mass is 35.5. The Kier molecular flexibility index (Phi) is 5.42. The molecule has 0 aliphatic carbocycles. The number of anilines is 1. The van der Waals surface area contributed by atoms with Crippen molar-refractivity contribution in [1.82, 2.24) is 14.8 Å². The summed E-state index contributed by atoms with van der Waals surface area (Å²) in [5.41, 5.74) is 3.12. The van der Waals surface area contributed by atoms with Gasteiger partial charge in [-0.25, -0.2) is 0 Å².